The van der Waals surface area contributed by atoms with E-state index in [9.17, 15) is 9.59 Å². The second-order valence-electron chi connectivity index (χ2n) is 7.27. The molecule has 0 saturated carbocycles. The van der Waals surface area contributed by atoms with Crippen molar-refractivity contribution in [1.82, 2.24) is 10.6 Å². The van der Waals surface area contributed by atoms with Crippen LogP contribution in [-0.4, -0.2) is 11.8 Å². The standard InChI is InChI=1S/C27H21ClN2O4/c28-21-13-11-20(12-14-21)26(31)30-25(27(32)29-18-24-10-5-15-33-24)17-19-6-4-9-23(16-19)34-22-7-2-1-3-8-22/h1-17H,18H2,(H,29,32)(H,30,31)/b25-17-. The molecule has 0 bridgehead atoms. The van der Waals surface area contributed by atoms with Crippen LogP contribution in [0.3, 0.4) is 0 Å². The van der Waals surface area contributed by atoms with Gasteiger partial charge >= 0.3 is 0 Å². The predicted octanol–water partition coefficient (Wildman–Crippen LogP) is 5.81. The molecule has 0 radical (unpaired) electrons. The highest BCUT2D eigenvalue weighted by molar-refractivity contribution is 6.30. The van der Waals surface area contributed by atoms with Crippen molar-refractivity contribution in [2.45, 2.75) is 6.54 Å². The Morgan fingerprint density at radius 3 is 2.38 bits per heavy atom. The summed E-state index contributed by atoms with van der Waals surface area (Å²) in [5.41, 5.74) is 1.12. The molecule has 34 heavy (non-hydrogen) atoms. The summed E-state index contributed by atoms with van der Waals surface area (Å²) in [6.07, 6.45) is 3.11. The Balaban J connectivity index is 1.57. The lowest BCUT2D eigenvalue weighted by atomic mass is 10.1. The number of hydrogen-bond acceptors (Lipinski definition) is 4. The Kier molecular flexibility index (Phi) is 7.42. The fraction of sp³-hybridized carbons (Fsp3) is 0.0370. The molecule has 0 unspecified atom stereocenters. The summed E-state index contributed by atoms with van der Waals surface area (Å²) in [6.45, 7) is 0.178. The van der Waals surface area contributed by atoms with E-state index in [-0.39, 0.29) is 12.2 Å². The summed E-state index contributed by atoms with van der Waals surface area (Å²) >= 11 is 5.91. The predicted molar refractivity (Wildman–Crippen MR) is 130 cm³/mol. The average molecular weight is 473 g/mol. The van der Waals surface area contributed by atoms with E-state index in [1.807, 2.05) is 48.5 Å². The van der Waals surface area contributed by atoms with Gasteiger partial charge in [0.25, 0.3) is 11.8 Å². The van der Waals surface area contributed by atoms with Crippen LogP contribution in [0.4, 0.5) is 0 Å². The maximum absolute atomic E-state index is 13.0. The van der Waals surface area contributed by atoms with Crippen LogP contribution in [0.25, 0.3) is 6.08 Å². The third-order valence-corrected chi connectivity index (χ3v) is 5.00. The number of nitrogens with one attached hydrogen (secondary N) is 2. The molecule has 6 nitrogen and oxygen atoms in total. The second-order valence-corrected chi connectivity index (χ2v) is 7.71. The van der Waals surface area contributed by atoms with Crippen LogP contribution < -0.4 is 15.4 Å². The van der Waals surface area contributed by atoms with Crippen molar-refractivity contribution in [3.63, 3.8) is 0 Å². The summed E-state index contributed by atoms with van der Waals surface area (Å²) in [4.78, 5) is 25.7. The lowest BCUT2D eigenvalue weighted by Crippen LogP contribution is -2.34. The van der Waals surface area contributed by atoms with Gasteiger partial charge in [-0.15, -0.1) is 0 Å². The number of carbonyl (C=O) groups is 2. The summed E-state index contributed by atoms with van der Waals surface area (Å²) < 4.78 is 11.1. The highest BCUT2D eigenvalue weighted by Gasteiger charge is 2.15. The Morgan fingerprint density at radius 2 is 1.65 bits per heavy atom. The first-order valence-corrected chi connectivity index (χ1v) is 10.9. The van der Waals surface area contributed by atoms with Crippen LogP contribution in [-0.2, 0) is 11.3 Å². The summed E-state index contributed by atoms with van der Waals surface area (Å²) in [7, 11) is 0. The van der Waals surface area contributed by atoms with Crippen molar-refractivity contribution in [1.29, 1.82) is 0 Å². The van der Waals surface area contributed by atoms with Crippen molar-refractivity contribution in [2.75, 3.05) is 0 Å². The molecule has 0 spiro atoms. The van der Waals surface area contributed by atoms with Crippen LogP contribution in [0, 0.1) is 0 Å². The molecule has 0 atom stereocenters. The van der Waals surface area contributed by atoms with Gasteiger partial charge in [-0.05, 0) is 72.3 Å². The average Bonchev–Trinajstić information content (AvgIpc) is 3.37. The number of ether oxygens (including phenoxy) is 1. The molecular weight excluding hydrogens is 452 g/mol. The number of rotatable bonds is 8. The SMILES string of the molecule is O=C(NCc1ccco1)/C(=C/c1cccc(Oc2ccccc2)c1)NC(=O)c1ccc(Cl)cc1. The van der Waals surface area contributed by atoms with E-state index in [1.54, 1.807) is 48.5 Å². The number of benzene rings is 3. The van der Waals surface area contributed by atoms with E-state index >= 15 is 0 Å². The number of carbonyl (C=O) groups excluding carboxylic acids is 2. The van der Waals surface area contributed by atoms with Crippen molar-refractivity contribution in [3.05, 3.63) is 125 Å². The van der Waals surface area contributed by atoms with Gasteiger partial charge in [-0.1, -0.05) is 41.9 Å². The van der Waals surface area contributed by atoms with E-state index < -0.39 is 11.8 Å². The normalized spacial score (nSPS) is 11.0. The van der Waals surface area contributed by atoms with E-state index in [1.165, 1.54) is 6.26 Å². The molecule has 1 aromatic heterocycles. The largest absolute Gasteiger partial charge is 0.467 e. The second kappa shape index (κ2) is 11.0. The molecule has 0 aliphatic heterocycles. The molecule has 1 heterocycles. The third kappa shape index (κ3) is 6.37. The van der Waals surface area contributed by atoms with Gasteiger partial charge in [-0.3, -0.25) is 9.59 Å². The number of furan rings is 1. The molecule has 7 heteroatoms. The first-order valence-electron chi connectivity index (χ1n) is 10.5. The molecule has 4 rings (SSSR count). The van der Waals surface area contributed by atoms with Crippen molar-refractivity contribution >= 4 is 29.5 Å². The van der Waals surface area contributed by atoms with Crippen LogP contribution in [0.15, 0.2) is 107 Å². The zero-order chi connectivity index (χ0) is 23.8. The number of amides is 2. The molecule has 2 amide bonds. The lowest BCUT2D eigenvalue weighted by Gasteiger charge is -2.11. The van der Waals surface area contributed by atoms with Crippen molar-refractivity contribution in [3.8, 4) is 11.5 Å². The number of hydrogen-bond donors (Lipinski definition) is 2. The maximum Gasteiger partial charge on any atom is 0.268 e. The molecule has 0 aliphatic rings. The zero-order valence-electron chi connectivity index (χ0n) is 18.0. The fourth-order valence-electron chi connectivity index (χ4n) is 3.09. The minimum atomic E-state index is -0.465. The van der Waals surface area contributed by atoms with E-state index in [4.69, 9.17) is 20.8 Å². The van der Waals surface area contributed by atoms with Crippen LogP contribution in [0.5, 0.6) is 11.5 Å². The number of halogens is 1. The molecule has 170 valence electrons. The smallest absolute Gasteiger partial charge is 0.268 e. The molecular formula is C27H21ClN2O4. The number of para-hydroxylation sites is 1. The minimum Gasteiger partial charge on any atom is -0.467 e. The minimum absolute atomic E-state index is 0.0726. The van der Waals surface area contributed by atoms with E-state index in [2.05, 4.69) is 10.6 Å². The molecule has 4 aromatic rings. The van der Waals surface area contributed by atoms with E-state index in [0.717, 1.165) is 0 Å². The first-order chi connectivity index (χ1) is 16.6. The van der Waals surface area contributed by atoms with Gasteiger partial charge in [0.15, 0.2) is 0 Å². The first kappa shape index (κ1) is 22.9. The molecule has 0 fully saturated rings. The molecule has 3 aromatic carbocycles. The highest BCUT2D eigenvalue weighted by Crippen LogP contribution is 2.23. The van der Waals surface area contributed by atoms with Gasteiger partial charge in [0.1, 0.15) is 23.0 Å². The Bertz CT molecular complexity index is 1280. The van der Waals surface area contributed by atoms with Crippen LogP contribution in [0.1, 0.15) is 21.7 Å². The molecule has 0 aliphatic carbocycles. The van der Waals surface area contributed by atoms with Gasteiger partial charge < -0.3 is 19.8 Å². The Morgan fingerprint density at radius 1 is 0.882 bits per heavy atom. The zero-order valence-corrected chi connectivity index (χ0v) is 18.8. The van der Waals surface area contributed by atoms with Crippen molar-refractivity contribution in [2.24, 2.45) is 0 Å². The lowest BCUT2D eigenvalue weighted by molar-refractivity contribution is -0.118. The van der Waals surface area contributed by atoms with Crippen LogP contribution in [0.2, 0.25) is 5.02 Å². The van der Waals surface area contributed by atoms with Crippen molar-refractivity contribution < 1.29 is 18.7 Å². The van der Waals surface area contributed by atoms with Crippen LogP contribution >= 0.6 is 11.6 Å². The van der Waals surface area contributed by atoms with E-state index in [0.29, 0.717) is 33.4 Å². The van der Waals surface area contributed by atoms with Gasteiger partial charge in [-0.2, -0.15) is 0 Å². The van der Waals surface area contributed by atoms with Gasteiger partial charge in [0.05, 0.1) is 12.8 Å². The molecule has 0 saturated heterocycles. The topological polar surface area (TPSA) is 80.6 Å². The Hall–Kier alpha value is -4.29. The quantitative estimate of drug-likeness (QED) is 0.317. The highest BCUT2D eigenvalue weighted by atomic mass is 35.5. The fourth-order valence-corrected chi connectivity index (χ4v) is 3.22. The maximum atomic E-state index is 13.0. The summed E-state index contributed by atoms with van der Waals surface area (Å²) in [5.74, 6) is 0.978. The summed E-state index contributed by atoms with van der Waals surface area (Å²) in [6, 6.07) is 26.5. The summed E-state index contributed by atoms with van der Waals surface area (Å²) in [5, 5.41) is 5.97. The Labute approximate surface area is 201 Å². The van der Waals surface area contributed by atoms with Gasteiger partial charge in [0.2, 0.25) is 0 Å². The van der Waals surface area contributed by atoms with Gasteiger partial charge in [-0.25, -0.2) is 0 Å². The van der Waals surface area contributed by atoms with Gasteiger partial charge in [0, 0.05) is 10.6 Å². The third-order valence-electron chi connectivity index (χ3n) is 4.75. The monoisotopic (exact) mass is 472 g/mol. The molecule has 2 N–H and O–H groups in total.